The van der Waals surface area contributed by atoms with Crippen molar-refractivity contribution in [1.29, 1.82) is 0 Å². The molecule has 5 nitrogen and oxygen atoms in total. The van der Waals surface area contributed by atoms with E-state index in [1.54, 1.807) is 0 Å². The highest BCUT2D eigenvalue weighted by Gasteiger charge is 2.28. The van der Waals surface area contributed by atoms with E-state index in [9.17, 15) is 0 Å². The summed E-state index contributed by atoms with van der Waals surface area (Å²) in [5.41, 5.74) is 12.4. The van der Waals surface area contributed by atoms with Gasteiger partial charge in [0.05, 0.1) is 22.9 Å². The average molecular weight is 470 g/mol. The first-order valence-electron chi connectivity index (χ1n) is 13.2. The molecule has 184 valence electrons. The van der Waals surface area contributed by atoms with Gasteiger partial charge in [0.25, 0.3) is 0 Å². The summed E-state index contributed by atoms with van der Waals surface area (Å²) in [5, 5.41) is 2.62. The van der Waals surface area contributed by atoms with Crippen LogP contribution >= 0.6 is 0 Å². The average Bonchev–Trinajstić information content (AvgIpc) is 3.16. The summed E-state index contributed by atoms with van der Waals surface area (Å²) in [6.07, 6.45) is 9.57. The van der Waals surface area contributed by atoms with E-state index in [4.69, 9.17) is 15.7 Å². The normalized spacial score (nSPS) is 16.3. The minimum Gasteiger partial charge on any atom is -0.338 e. The van der Waals surface area contributed by atoms with Gasteiger partial charge in [-0.1, -0.05) is 45.0 Å². The topological polar surface area (TPSA) is 60.0 Å². The molecule has 3 aromatic heterocycles. The van der Waals surface area contributed by atoms with Crippen LogP contribution in [0.3, 0.4) is 0 Å². The fourth-order valence-corrected chi connectivity index (χ4v) is 5.76. The summed E-state index contributed by atoms with van der Waals surface area (Å²) >= 11 is 0. The van der Waals surface area contributed by atoms with Crippen molar-refractivity contribution in [2.24, 2.45) is 11.1 Å². The molecule has 1 atom stereocenters. The molecule has 5 rings (SSSR count). The molecule has 1 aromatic carbocycles. The summed E-state index contributed by atoms with van der Waals surface area (Å²) in [5.74, 6) is 0. The summed E-state index contributed by atoms with van der Waals surface area (Å²) in [7, 11) is 0. The van der Waals surface area contributed by atoms with Crippen LogP contribution in [0.1, 0.15) is 69.4 Å². The number of rotatable bonds is 8. The van der Waals surface area contributed by atoms with Crippen LogP contribution in [0.25, 0.3) is 21.8 Å². The Labute approximate surface area is 209 Å². The number of aromatic nitrogens is 3. The zero-order chi connectivity index (χ0) is 24.4. The third kappa shape index (κ3) is 4.98. The molecule has 0 aliphatic heterocycles. The molecule has 1 aliphatic carbocycles. The number of hydrogen-bond donors (Lipinski definition) is 1. The predicted molar refractivity (Wildman–Crippen MR) is 145 cm³/mol. The van der Waals surface area contributed by atoms with Gasteiger partial charge in [-0.3, -0.25) is 14.9 Å². The molecule has 0 fully saturated rings. The zero-order valence-corrected chi connectivity index (χ0v) is 21.5. The fourth-order valence-electron chi connectivity index (χ4n) is 5.76. The summed E-state index contributed by atoms with van der Waals surface area (Å²) in [4.78, 5) is 12.5. The minimum atomic E-state index is 0.162. The molecule has 4 aromatic rings. The molecule has 0 amide bonds. The Hall–Kier alpha value is -2.76. The molecule has 0 saturated heterocycles. The Bertz CT molecular complexity index is 1300. The highest BCUT2D eigenvalue weighted by atomic mass is 15.2. The van der Waals surface area contributed by atoms with Crippen LogP contribution in [-0.4, -0.2) is 32.5 Å². The Morgan fingerprint density at radius 2 is 1.86 bits per heavy atom. The maximum Gasteiger partial charge on any atom is 0.0786 e. The van der Waals surface area contributed by atoms with Crippen LogP contribution in [0.5, 0.6) is 0 Å². The number of unbranched alkanes of at least 4 members (excludes halogenated alkanes) is 1. The Morgan fingerprint density at radius 3 is 2.69 bits per heavy atom. The van der Waals surface area contributed by atoms with E-state index in [0.717, 1.165) is 51.9 Å². The largest absolute Gasteiger partial charge is 0.338 e. The molecule has 1 aliphatic rings. The van der Waals surface area contributed by atoms with E-state index in [1.807, 2.05) is 12.4 Å². The lowest BCUT2D eigenvalue weighted by molar-refractivity contribution is 0.161. The summed E-state index contributed by atoms with van der Waals surface area (Å²) in [6, 6.07) is 15.7. The van der Waals surface area contributed by atoms with Gasteiger partial charge in [-0.05, 0) is 74.4 Å². The van der Waals surface area contributed by atoms with Gasteiger partial charge in [-0.2, -0.15) is 0 Å². The molecule has 0 bridgehead atoms. The van der Waals surface area contributed by atoms with Crippen LogP contribution in [-0.2, 0) is 19.5 Å². The third-order valence-electron chi connectivity index (χ3n) is 7.25. The van der Waals surface area contributed by atoms with Crippen molar-refractivity contribution in [1.82, 2.24) is 19.4 Å². The lowest BCUT2D eigenvalue weighted by atomic mass is 9.90. The molecule has 2 N–H and O–H groups in total. The van der Waals surface area contributed by atoms with Gasteiger partial charge < -0.3 is 10.3 Å². The van der Waals surface area contributed by atoms with Crippen molar-refractivity contribution in [3.05, 3.63) is 71.8 Å². The monoisotopic (exact) mass is 469 g/mol. The second-order valence-corrected chi connectivity index (χ2v) is 11.2. The van der Waals surface area contributed by atoms with Gasteiger partial charge in [0.2, 0.25) is 0 Å². The summed E-state index contributed by atoms with van der Waals surface area (Å²) in [6.45, 7) is 10.5. The molecule has 35 heavy (non-hydrogen) atoms. The van der Waals surface area contributed by atoms with Gasteiger partial charge in [0.15, 0.2) is 0 Å². The molecule has 0 saturated carbocycles. The van der Waals surface area contributed by atoms with Crippen molar-refractivity contribution in [3.8, 4) is 0 Å². The number of benzene rings is 1. The first kappa shape index (κ1) is 24.0. The smallest absolute Gasteiger partial charge is 0.0786 e. The minimum absolute atomic E-state index is 0.162. The maximum absolute atomic E-state index is 5.87. The third-order valence-corrected chi connectivity index (χ3v) is 7.25. The van der Waals surface area contributed by atoms with Crippen molar-refractivity contribution >= 4 is 21.8 Å². The number of fused-ring (bicyclic) bond motifs is 4. The van der Waals surface area contributed by atoms with Gasteiger partial charge in [0, 0.05) is 41.8 Å². The lowest BCUT2D eigenvalue weighted by Crippen LogP contribution is -2.33. The number of nitrogens with zero attached hydrogens (tertiary/aromatic N) is 4. The molecule has 5 heteroatoms. The van der Waals surface area contributed by atoms with E-state index < -0.39 is 0 Å². The molecule has 0 spiro atoms. The van der Waals surface area contributed by atoms with E-state index in [0.29, 0.717) is 6.04 Å². The fraction of sp³-hybridized carbons (Fsp3) is 0.467. The van der Waals surface area contributed by atoms with Crippen LogP contribution in [0.2, 0.25) is 0 Å². The Morgan fingerprint density at radius 1 is 1.00 bits per heavy atom. The molecule has 3 heterocycles. The second-order valence-electron chi connectivity index (χ2n) is 11.2. The van der Waals surface area contributed by atoms with Crippen LogP contribution in [0, 0.1) is 5.41 Å². The number of pyridine rings is 2. The van der Waals surface area contributed by atoms with Crippen molar-refractivity contribution in [3.63, 3.8) is 0 Å². The highest BCUT2D eigenvalue weighted by molar-refractivity contribution is 6.08. The number of hydrogen-bond acceptors (Lipinski definition) is 4. The Kier molecular flexibility index (Phi) is 6.90. The van der Waals surface area contributed by atoms with Crippen LogP contribution in [0.15, 0.2) is 54.9 Å². The van der Waals surface area contributed by atoms with Crippen molar-refractivity contribution in [2.45, 2.75) is 72.0 Å². The molecule has 0 unspecified atom stereocenters. The van der Waals surface area contributed by atoms with Crippen molar-refractivity contribution < 1.29 is 0 Å². The van der Waals surface area contributed by atoms with Gasteiger partial charge in [-0.25, -0.2) is 0 Å². The first-order chi connectivity index (χ1) is 17.0. The van der Waals surface area contributed by atoms with E-state index in [2.05, 4.69) is 72.7 Å². The standard InChI is InChI=1S/C30H39N5/c1-30(2,3)21-35-26-13-5-4-12-23(26)24-15-18-32-25(29(24)35)20-34(19-7-6-16-31)27-14-8-10-22-11-9-17-33-28(22)27/h4-5,9,11-13,15,17-18,27H,6-8,10,14,16,19-21,31H2,1-3H3/t27-/m0/s1. The number of aryl methyl sites for hydroxylation is 1. The number of para-hydroxylation sites is 1. The second kappa shape index (κ2) is 10.1. The molecular formula is C30H39N5. The SMILES string of the molecule is CC(C)(C)Cn1c2ccccc2c2ccnc(CN(CCCCN)[C@H]3CCCc4cccnc43)c21. The van der Waals surface area contributed by atoms with Gasteiger partial charge in [0.1, 0.15) is 0 Å². The van der Waals surface area contributed by atoms with Crippen LogP contribution < -0.4 is 5.73 Å². The van der Waals surface area contributed by atoms with E-state index in [-0.39, 0.29) is 5.41 Å². The van der Waals surface area contributed by atoms with Gasteiger partial charge >= 0.3 is 0 Å². The number of nitrogens with two attached hydrogens (primary N) is 1. The van der Waals surface area contributed by atoms with Crippen molar-refractivity contribution in [2.75, 3.05) is 13.1 Å². The quantitative estimate of drug-likeness (QED) is 0.310. The van der Waals surface area contributed by atoms with Crippen LogP contribution in [0.4, 0.5) is 0 Å². The Balaban J connectivity index is 1.60. The summed E-state index contributed by atoms with van der Waals surface area (Å²) < 4.78 is 2.51. The molecule has 0 radical (unpaired) electrons. The first-order valence-corrected chi connectivity index (χ1v) is 13.2. The van der Waals surface area contributed by atoms with E-state index >= 15 is 0 Å². The lowest BCUT2D eigenvalue weighted by Gasteiger charge is -2.35. The zero-order valence-electron chi connectivity index (χ0n) is 21.5. The van der Waals surface area contributed by atoms with Gasteiger partial charge in [-0.15, -0.1) is 0 Å². The van der Waals surface area contributed by atoms with E-state index in [1.165, 1.54) is 45.2 Å². The predicted octanol–water partition coefficient (Wildman–Crippen LogP) is 6.25. The molecular weight excluding hydrogens is 430 g/mol. The highest BCUT2D eigenvalue weighted by Crippen LogP contribution is 2.37. The maximum atomic E-state index is 5.87.